The van der Waals surface area contributed by atoms with E-state index in [1.807, 2.05) is 13.0 Å². The Kier molecular flexibility index (Phi) is 3.49. The predicted octanol–water partition coefficient (Wildman–Crippen LogP) is 1.91. The van der Waals surface area contributed by atoms with Gasteiger partial charge in [0.1, 0.15) is 16.0 Å². The molecule has 3 heterocycles. The molecule has 0 radical (unpaired) electrons. The van der Waals surface area contributed by atoms with E-state index in [9.17, 15) is 4.79 Å². The number of rotatable bonds is 3. The van der Waals surface area contributed by atoms with Crippen molar-refractivity contribution < 1.29 is 4.79 Å². The van der Waals surface area contributed by atoms with Gasteiger partial charge in [0.2, 0.25) is 0 Å². The first-order chi connectivity index (χ1) is 10.2. The number of anilines is 1. The number of carbonyl (C=O) groups excluding carboxylic acids is 1. The molecule has 0 aliphatic carbocycles. The number of nitrogens with zero attached hydrogens (tertiary/aromatic N) is 3. The molecular weight excluding hydrogens is 286 g/mol. The summed E-state index contributed by atoms with van der Waals surface area (Å²) in [5.41, 5.74) is 8.34. The maximum absolute atomic E-state index is 12.3. The Morgan fingerprint density at radius 1 is 1.33 bits per heavy atom. The second kappa shape index (κ2) is 5.45. The lowest BCUT2D eigenvalue weighted by Crippen LogP contribution is -2.23. The first-order valence-corrected chi connectivity index (χ1v) is 7.15. The minimum atomic E-state index is -0.214. The Balaban J connectivity index is 1.85. The second-order valence-corrected chi connectivity index (χ2v) is 5.54. The van der Waals surface area contributed by atoms with Crippen LogP contribution in [0.1, 0.15) is 20.9 Å². The molecule has 0 saturated carbocycles. The van der Waals surface area contributed by atoms with Crippen LogP contribution in [0, 0.1) is 6.92 Å². The number of pyridine rings is 1. The summed E-state index contributed by atoms with van der Waals surface area (Å²) in [6, 6.07) is 3.63. The summed E-state index contributed by atoms with van der Waals surface area (Å²) >= 11 is 1.30. The van der Waals surface area contributed by atoms with Gasteiger partial charge in [-0.3, -0.25) is 4.79 Å². The lowest BCUT2D eigenvalue weighted by molar-refractivity contribution is 0.0955. The molecule has 0 spiro atoms. The van der Waals surface area contributed by atoms with Crippen molar-refractivity contribution in [2.24, 2.45) is 0 Å². The van der Waals surface area contributed by atoms with Crippen LogP contribution in [0.5, 0.6) is 0 Å². The van der Waals surface area contributed by atoms with Gasteiger partial charge in [0.05, 0.1) is 17.9 Å². The quantitative estimate of drug-likeness (QED) is 0.770. The number of amides is 1. The minimum Gasteiger partial charge on any atom is -0.397 e. The smallest absolute Gasteiger partial charge is 0.263 e. The van der Waals surface area contributed by atoms with Gasteiger partial charge in [-0.2, -0.15) is 0 Å². The number of nitrogen functional groups attached to an aromatic ring is 1. The zero-order valence-electron chi connectivity index (χ0n) is 11.3. The molecule has 0 aromatic carbocycles. The number of thiophene rings is 1. The number of aryl methyl sites for hydroxylation is 1. The Hall–Kier alpha value is -2.54. The Labute approximate surface area is 125 Å². The molecular formula is C14H13N5OS. The molecule has 3 N–H and O–H groups in total. The number of nitrogens with one attached hydrogen (secondary N) is 1. The molecule has 7 heteroatoms. The lowest BCUT2D eigenvalue weighted by Gasteiger charge is -2.03. The molecule has 0 unspecified atom stereocenters. The average Bonchev–Trinajstić information content (AvgIpc) is 2.84. The van der Waals surface area contributed by atoms with Gasteiger partial charge in [-0.1, -0.05) is 0 Å². The molecule has 0 fully saturated rings. The molecule has 1 amide bonds. The second-order valence-electron chi connectivity index (χ2n) is 4.54. The molecule has 6 nitrogen and oxygen atoms in total. The van der Waals surface area contributed by atoms with Gasteiger partial charge < -0.3 is 11.1 Å². The number of nitrogens with two attached hydrogens (primary N) is 1. The van der Waals surface area contributed by atoms with Gasteiger partial charge in [-0.25, -0.2) is 15.0 Å². The van der Waals surface area contributed by atoms with E-state index in [0.717, 1.165) is 21.5 Å². The fourth-order valence-electron chi connectivity index (χ4n) is 2.05. The van der Waals surface area contributed by atoms with Crippen molar-refractivity contribution in [3.05, 3.63) is 47.0 Å². The number of hydrogen-bond donors (Lipinski definition) is 2. The van der Waals surface area contributed by atoms with E-state index in [4.69, 9.17) is 5.73 Å². The van der Waals surface area contributed by atoms with E-state index < -0.39 is 0 Å². The van der Waals surface area contributed by atoms with E-state index in [2.05, 4.69) is 20.3 Å². The highest BCUT2D eigenvalue weighted by Crippen LogP contribution is 2.34. The van der Waals surface area contributed by atoms with E-state index in [-0.39, 0.29) is 5.91 Å². The molecule has 21 heavy (non-hydrogen) atoms. The first kappa shape index (κ1) is 13.4. The highest BCUT2D eigenvalue weighted by Gasteiger charge is 2.18. The van der Waals surface area contributed by atoms with E-state index in [1.54, 1.807) is 18.5 Å². The molecule has 0 saturated heterocycles. The summed E-state index contributed by atoms with van der Waals surface area (Å²) in [5.74, 6) is -0.214. The van der Waals surface area contributed by atoms with Crippen LogP contribution in [0.3, 0.4) is 0 Å². The predicted molar refractivity (Wildman–Crippen MR) is 82.0 cm³/mol. The molecule has 3 aromatic rings. The van der Waals surface area contributed by atoms with Crippen molar-refractivity contribution in [1.29, 1.82) is 0 Å². The zero-order valence-corrected chi connectivity index (χ0v) is 12.1. The third-order valence-corrected chi connectivity index (χ3v) is 4.23. The number of hydrogen-bond acceptors (Lipinski definition) is 6. The normalized spacial score (nSPS) is 10.7. The lowest BCUT2D eigenvalue weighted by atomic mass is 10.2. The van der Waals surface area contributed by atoms with Crippen molar-refractivity contribution in [2.45, 2.75) is 13.5 Å². The van der Waals surface area contributed by atoms with E-state index >= 15 is 0 Å². The third kappa shape index (κ3) is 2.55. The Morgan fingerprint density at radius 2 is 2.19 bits per heavy atom. The van der Waals surface area contributed by atoms with Crippen molar-refractivity contribution in [3.63, 3.8) is 0 Å². The van der Waals surface area contributed by atoms with E-state index in [0.29, 0.717) is 17.1 Å². The number of fused-ring (bicyclic) bond motifs is 1. The van der Waals surface area contributed by atoms with Crippen LogP contribution in [0.2, 0.25) is 0 Å². The van der Waals surface area contributed by atoms with Crippen LogP contribution in [0.4, 0.5) is 5.69 Å². The highest BCUT2D eigenvalue weighted by molar-refractivity contribution is 7.21. The SMILES string of the molecule is Cc1ccnc2sc(C(=O)NCc3ccncn3)c(N)c12. The highest BCUT2D eigenvalue weighted by atomic mass is 32.1. The fourth-order valence-corrected chi connectivity index (χ4v) is 3.10. The zero-order chi connectivity index (χ0) is 14.8. The van der Waals surface area contributed by atoms with Gasteiger partial charge in [-0.15, -0.1) is 11.3 Å². The molecule has 3 rings (SSSR count). The molecule has 0 bridgehead atoms. The van der Waals surface area contributed by atoms with Crippen LogP contribution in [0.15, 0.2) is 30.9 Å². The molecule has 0 aliphatic heterocycles. The largest absolute Gasteiger partial charge is 0.397 e. The molecule has 106 valence electrons. The fraction of sp³-hybridized carbons (Fsp3) is 0.143. The van der Waals surface area contributed by atoms with Crippen LogP contribution in [-0.2, 0) is 6.54 Å². The van der Waals surface area contributed by atoms with Crippen molar-refractivity contribution in [2.75, 3.05) is 5.73 Å². The molecule has 0 aliphatic rings. The van der Waals surface area contributed by atoms with Gasteiger partial charge in [-0.05, 0) is 24.6 Å². The van der Waals surface area contributed by atoms with Gasteiger partial charge in [0.15, 0.2) is 0 Å². The van der Waals surface area contributed by atoms with Gasteiger partial charge in [0, 0.05) is 17.8 Å². The maximum Gasteiger partial charge on any atom is 0.263 e. The van der Waals surface area contributed by atoms with Crippen molar-refractivity contribution >= 4 is 33.1 Å². The van der Waals surface area contributed by atoms with Gasteiger partial charge in [0.25, 0.3) is 5.91 Å². The molecule has 0 atom stereocenters. The first-order valence-electron chi connectivity index (χ1n) is 6.33. The van der Waals surface area contributed by atoms with Crippen LogP contribution >= 0.6 is 11.3 Å². The van der Waals surface area contributed by atoms with Crippen LogP contribution < -0.4 is 11.1 Å². The van der Waals surface area contributed by atoms with Crippen molar-refractivity contribution in [1.82, 2.24) is 20.3 Å². The number of aromatic nitrogens is 3. The Bertz CT molecular complexity index is 800. The summed E-state index contributed by atoms with van der Waals surface area (Å²) in [6.45, 7) is 2.29. The minimum absolute atomic E-state index is 0.214. The topological polar surface area (TPSA) is 93.8 Å². The van der Waals surface area contributed by atoms with Crippen LogP contribution in [0.25, 0.3) is 10.2 Å². The summed E-state index contributed by atoms with van der Waals surface area (Å²) in [7, 11) is 0. The van der Waals surface area contributed by atoms with Crippen molar-refractivity contribution in [3.8, 4) is 0 Å². The monoisotopic (exact) mass is 299 g/mol. The maximum atomic E-state index is 12.3. The standard InChI is InChI=1S/C14H13N5OS/c1-8-2-5-17-14-10(8)11(15)12(21-14)13(20)18-6-9-3-4-16-7-19-9/h2-5,7H,6,15H2,1H3,(H,18,20). The third-order valence-electron chi connectivity index (χ3n) is 3.12. The Morgan fingerprint density at radius 3 is 2.90 bits per heavy atom. The summed E-state index contributed by atoms with van der Waals surface area (Å²) in [4.78, 5) is 25.7. The van der Waals surface area contributed by atoms with E-state index in [1.165, 1.54) is 17.7 Å². The summed E-state index contributed by atoms with van der Waals surface area (Å²) < 4.78 is 0. The average molecular weight is 299 g/mol. The summed E-state index contributed by atoms with van der Waals surface area (Å²) in [6.07, 6.45) is 4.80. The van der Waals surface area contributed by atoms with Gasteiger partial charge >= 0.3 is 0 Å². The summed E-state index contributed by atoms with van der Waals surface area (Å²) in [5, 5.41) is 3.67. The molecule has 3 aromatic heterocycles. The number of carbonyl (C=O) groups is 1. The van der Waals surface area contributed by atoms with Crippen LogP contribution in [-0.4, -0.2) is 20.9 Å².